The van der Waals surface area contributed by atoms with E-state index in [0.29, 0.717) is 57.7 Å². The number of hydrogen-bond acceptors (Lipinski definition) is 4. The number of benzene rings is 2. The van der Waals surface area contributed by atoms with Crippen molar-refractivity contribution >= 4 is 40.1 Å². The molecule has 1 saturated carbocycles. The Morgan fingerprint density at radius 1 is 1.15 bits per heavy atom. The molecule has 1 aliphatic heterocycles. The summed E-state index contributed by atoms with van der Waals surface area (Å²) >= 11 is 13.2. The van der Waals surface area contributed by atoms with Crippen LogP contribution in [0.1, 0.15) is 45.7 Å². The summed E-state index contributed by atoms with van der Waals surface area (Å²) in [6, 6.07) is 5.81. The minimum atomic E-state index is -4.47. The zero-order valence-corrected chi connectivity index (χ0v) is 23.2. The van der Waals surface area contributed by atoms with E-state index in [2.05, 4.69) is 16.5 Å². The number of hydrogen-bond donors (Lipinski definition) is 1. The van der Waals surface area contributed by atoms with E-state index in [4.69, 9.17) is 23.2 Å². The Hall–Kier alpha value is -2.75. The number of aliphatic hydroxyl groups is 1. The Morgan fingerprint density at radius 3 is 2.44 bits per heavy atom. The number of aryl methyl sites for hydroxylation is 2. The maximum absolute atomic E-state index is 13.4. The second-order valence-electron chi connectivity index (χ2n) is 10.5. The molecule has 0 radical (unpaired) electrons. The van der Waals surface area contributed by atoms with Crippen LogP contribution in [0, 0.1) is 12.8 Å². The third kappa shape index (κ3) is 5.24. The molecule has 2 aromatic carbocycles. The molecule has 11 heteroatoms. The van der Waals surface area contributed by atoms with E-state index in [1.54, 1.807) is 35.6 Å². The summed E-state index contributed by atoms with van der Waals surface area (Å²) in [4.78, 5) is 22.1. The Labute approximate surface area is 234 Å². The van der Waals surface area contributed by atoms with Crippen molar-refractivity contribution in [1.29, 1.82) is 0 Å². The SMILES string of the molecule is C=C(O)C1CC(N2CCN(C(=O)c3ccc(Cl)c(Cc4nc5c(C)cc(C(F)(F)F)cc5n4C)c3Cl)CC2)C1. The number of alkyl halides is 3. The number of imidazole rings is 1. The van der Waals surface area contributed by atoms with Gasteiger partial charge < -0.3 is 14.6 Å². The number of carbonyl (C=O) groups excluding carboxylic acids is 1. The average Bonchev–Trinajstić information content (AvgIpc) is 3.16. The van der Waals surface area contributed by atoms with Gasteiger partial charge in [0, 0.05) is 56.6 Å². The molecule has 2 aliphatic rings. The molecule has 2 heterocycles. The van der Waals surface area contributed by atoms with Gasteiger partial charge in [-0.1, -0.05) is 29.8 Å². The molecule has 1 aromatic heterocycles. The number of allylic oxidation sites excluding steroid dienone is 1. The van der Waals surface area contributed by atoms with Gasteiger partial charge in [0.1, 0.15) is 5.82 Å². The van der Waals surface area contributed by atoms with Gasteiger partial charge in [0.05, 0.1) is 32.9 Å². The highest BCUT2D eigenvalue weighted by atomic mass is 35.5. The smallest absolute Gasteiger partial charge is 0.416 e. The van der Waals surface area contributed by atoms with E-state index >= 15 is 0 Å². The van der Waals surface area contributed by atoms with E-state index in [1.807, 2.05) is 0 Å². The molecule has 6 nitrogen and oxygen atoms in total. The lowest BCUT2D eigenvalue weighted by Crippen LogP contribution is -2.55. The van der Waals surface area contributed by atoms with E-state index in [9.17, 15) is 23.1 Å². The largest absolute Gasteiger partial charge is 0.513 e. The van der Waals surface area contributed by atoms with E-state index in [-0.39, 0.29) is 29.0 Å². The maximum Gasteiger partial charge on any atom is 0.416 e. The van der Waals surface area contributed by atoms with Gasteiger partial charge in [-0.15, -0.1) is 0 Å². The highest BCUT2D eigenvalue weighted by molar-refractivity contribution is 6.38. The first kappa shape index (κ1) is 27.8. The molecule has 0 spiro atoms. The molecule has 1 N–H and O–H groups in total. The molecule has 1 saturated heterocycles. The fraction of sp³-hybridized carbons (Fsp3) is 0.429. The summed E-state index contributed by atoms with van der Waals surface area (Å²) in [5.74, 6) is 0.697. The molecule has 1 amide bonds. The van der Waals surface area contributed by atoms with Crippen LogP contribution in [0.3, 0.4) is 0 Å². The van der Waals surface area contributed by atoms with Crippen LogP contribution < -0.4 is 0 Å². The second-order valence-corrected chi connectivity index (χ2v) is 11.2. The standard InChI is InChI=1S/C28H29Cl2F3N4O2/c1-15-10-18(28(31,32)33)13-23-26(15)34-24(35(23)3)14-21-22(29)5-4-20(25(21)30)27(39)37-8-6-36(7-9-37)19-11-17(12-19)16(2)38/h4-5,10,13,17,19,38H,2,6-9,11-12,14H2,1,3H3. The zero-order chi connectivity index (χ0) is 28.2. The van der Waals surface area contributed by atoms with Crippen molar-refractivity contribution in [1.82, 2.24) is 19.4 Å². The van der Waals surface area contributed by atoms with Crippen molar-refractivity contribution < 1.29 is 23.1 Å². The van der Waals surface area contributed by atoms with Gasteiger partial charge in [-0.05, 0) is 55.2 Å². The van der Waals surface area contributed by atoms with Crippen LogP contribution in [0.25, 0.3) is 11.0 Å². The number of amides is 1. The van der Waals surface area contributed by atoms with Crippen LogP contribution in [0.15, 0.2) is 36.6 Å². The maximum atomic E-state index is 13.4. The second kappa shape index (κ2) is 10.3. The zero-order valence-electron chi connectivity index (χ0n) is 21.7. The predicted octanol–water partition coefficient (Wildman–Crippen LogP) is 6.41. The van der Waals surface area contributed by atoms with Crippen LogP contribution in [-0.2, 0) is 19.6 Å². The highest BCUT2D eigenvalue weighted by Gasteiger charge is 2.37. The number of fused-ring (bicyclic) bond motifs is 1. The van der Waals surface area contributed by atoms with E-state index in [1.165, 1.54) is 0 Å². The molecule has 208 valence electrons. The van der Waals surface area contributed by atoms with Crippen molar-refractivity contribution in [3.8, 4) is 0 Å². The topological polar surface area (TPSA) is 61.6 Å². The van der Waals surface area contributed by atoms with Crippen LogP contribution >= 0.6 is 23.2 Å². The van der Waals surface area contributed by atoms with E-state index in [0.717, 1.165) is 38.1 Å². The summed E-state index contributed by atoms with van der Waals surface area (Å²) in [5, 5.41) is 10.1. The van der Waals surface area contributed by atoms with Crippen molar-refractivity contribution in [2.45, 2.75) is 38.4 Å². The molecular weight excluding hydrogens is 552 g/mol. The first-order chi connectivity index (χ1) is 18.3. The number of aliphatic hydroxyl groups excluding tert-OH is 1. The van der Waals surface area contributed by atoms with Crippen molar-refractivity contribution in [3.63, 3.8) is 0 Å². The quantitative estimate of drug-likeness (QED) is 0.354. The number of piperazine rings is 1. The van der Waals surface area contributed by atoms with Crippen LogP contribution in [-0.4, -0.2) is 62.6 Å². The Bertz CT molecular complexity index is 1460. The third-order valence-electron chi connectivity index (χ3n) is 8.05. The number of aromatic nitrogens is 2. The summed E-state index contributed by atoms with van der Waals surface area (Å²) in [6.07, 6.45) is -2.55. The summed E-state index contributed by atoms with van der Waals surface area (Å²) in [6.45, 7) is 7.80. The van der Waals surface area contributed by atoms with Gasteiger partial charge in [-0.25, -0.2) is 4.98 Å². The monoisotopic (exact) mass is 580 g/mol. The van der Waals surface area contributed by atoms with Crippen LogP contribution in [0.2, 0.25) is 10.0 Å². The van der Waals surface area contributed by atoms with Gasteiger partial charge in [0.2, 0.25) is 0 Å². The van der Waals surface area contributed by atoms with Crippen LogP contribution in [0.4, 0.5) is 13.2 Å². The molecule has 5 rings (SSSR count). The summed E-state index contributed by atoms with van der Waals surface area (Å²) in [5.41, 5.74) is 1.34. The lowest BCUT2D eigenvalue weighted by Gasteiger charge is -2.46. The summed E-state index contributed by atoms with van der Waals surface area (Å²) < 4.78 is 41.7. The number of rotatable bonds is 5. The number of halogens is 5. The lowest BCUT2D eigenvalue weighted by molar-refractivity contribution is -0.137. The normalized spacial score (nSPS) is 20.3. The molecular formula is C28H29Cl2F3N4O2. The molecule has 0 unspecified atom stereocenters. The van der Waals surface area contributed by atoms with Gasteiger partial charge in [0.25, 0.3) is 5.91 Å². The molecule has 39 heavy (non-hydrogen) atoms. The van der Waals surface area contributed by atoms with Crippen molar-refractivity contribution in [3.05, 3.63) is 74.7 Å². The van der Waals surface area contributed by atoms with Crippen molar-refractivity contribution in [2.24, 2.45) is 13.0 Å². The molecule has 3 aromatic rings. The fourth-order valence-corrected chi connectivity index (χ4v) is 6.11. The molecule has 1 aliphatic carbocycles. The first-order valence-electron chi connectivity index (χ1n) is 12.8. The van der Waals surface area contributed by atoms with Crippen LogP contribution in [0.5, 0.6) is 0 Å². The average molecular weight is 581 g/mol. The van der Waals surface area contributed by atoms with Gasteiger partial charge >= 0.3 is 6.18 Å². The van der Waals surface area contributed by atoms with Gasteiger partial charge in [-0.2, -0.15) is 13.2 Å². The minimum absolute atomic E-state index is 0.150. The molecule has 0 atom stereocenters. The first-order valence-corrected chi connectivity index (χ1v) is 13.5. The summed E-state index contributed by atoms with van der Waals surface area (Å²) in [7, 11) is 1.65. The van der Waals surface area contributed by atoms with E-state index < -0.39 is 11.7 Å². The molecule has 0 bridgehead atoms. The van der Waals surface area contributed by atoms with Gasteiger partial charge in [0.15, 0.2) is 0 Å². The number of nitrogens with zero attached hydrogens (tertiary/aromatic N) is 4. The fourth-order valence-electron chi connectivity index (χ4n) is 5.53. The third-order valence-corrected chi connectivity index (χ3v) is 8.84. The Balaban J connectivity index is 1.34. The minimum Gasteiger partial charge on any atom is -0.513 e. The van der Waals surface area contributed by atoms with Gasteiger partial charge in [-0.3, -0.25) is 9.69 Å². The lowest BCUT2D eigenvalue weighted by atomic mass is 9.78. The molecule has 2 fully saturated rings. The Morgan fingerprint density at radius 2 is 1.82 bits per heavy atom. The Kier molecular flexibility index (Phi) is 7.37. The highest BCUT2D eigenvalue weighted by Crippen LogP contribution is 2.37. The number of carbonyl (C=O) groups is 1. The van der Waals surface area contributed by atoms with Crippen molar-refractivity contribution in [2.75, 3.05) is 26.2 Å². The predicted molar refractivity (Wildman–Crippen MR) is 145 cm³/mol.